The number of benzene rings is 1. The minimum absolute atomic E-state index is 0.161. The van der Waals surface area contributed by atoms with Gasteiger partial charge >= 0.3 is 0 Å². The number of carbonyl (C=O) groups excluding carboxylic acids is 1. The standard InChI is InChI=1S/C17H19BrN2O3S2/c18-17-7-6-15(24-17)12-14(21)13-19-8-10-20(11-9-19)25(22,23)16-4-2-1-3-5-16/h1-7H,8-13H2. The predicted octanol–water partition coefficient (Wildman–Crippen LogP) is 2.63. The van der Waals surface area contributed by atoms with E-state index in [1.54, 1.807) is 41.7 Å². The second-order valence-electron chi connectivity index (χ2n) is 5.91. The molecule has 134 valence electrons. The lowest BCUT2D eigenvalue weighted by molar-refractivity contribution is -0.119. The molecule has 0 unspecified atom stereocenters. The lowest BCUT2D eigenvalue weighted by Crippen LogP contribution is -2.49. The van der Waals surface area contributed by atoms with E-state index in [-0.39, 0.29) is 5.78 Å². The molecule has 2 heterocycles. The second kappa shape index (κ2) is 8.09. The van der Waals surface area contributed by atoms with Gasteiger partial charge in [-0.05, 0) is 40.2 Å². The molecule has 0 amide bonds. The van der Waals surface area contributed by atoms with Gasteiger partial charge in [0, 0.05) is 37.5 Å². The molecule has 0 bridgehead atoms. The van der Waals surface area contributed by atoms with Crippen LogP contribution in [-0.4, -0.2) is 56.1 Å². The van der Waals surface area contributed by atoms with Gasteiger partial charge in [-0.3, -0.25) is 9.69 Å². The van der Waals surface area contributed by atoms with E-state index in [9.17, 15) is 13.2 Å². The quantitative estimate of drug-likeness (QED) is 0.689. The summed E-state index contributed by atoms with van der Waals surface area (Å²) in [6.45, 7) is 2.34. The Bertz CT molecular complexity index is 829. The number of rotatable bonds is 6. The number of Topliss-reactive ketones (excluding diaryl/α,β-unsaturated/α-hetero) is 1. The molecule has 3 rings (SSSR count). The van der Waals surface area contributed by atoms with Gasteiger partial charge in [-0.15, -0.1) is 11.3 Å². The first-order chi connectivity index (χ1) is 11.9. The van der Waals surface area contributed by atoms with E-state index in [0.717, 1.165) is 8.66 Å². The molecule has 1 saturated heterocycles. The van der Waals surface area contributed by atoms with Crippen LogP contribution in [0.4, 0.5) is 0 Å². The molecule has 0 aliphatic carbocycles. The highest BCUT2D eigenvalue weighted by Crippen LogP contribution is 2.23. The van der Waals surface area contributed by atoms with Gasteiger partial charge in [0.1, 0.15) is 0 Å². The number of nitrogens with zero attached hydrogens (tertiary/aromatic N) is 2. The zero-order chi connectivity index (χ0) is 17.9. The summed E-state index contributed by atoms with van der Waals surface area (Å²) in [5.74, 6) is 0.161. The summed E-state index contributed by atoms with van der Waals surface area (Å²) in [6, 6.07) is 12.4. The Hall–Kier alpha value is -1.06. The number of halogens is 1. The first-order valence-electron chi connectivity index (χ1n) is 7.98. The van der Waals surface area contributed by atoms with E-state index in [4.69, 9.17) is 0 Å². The Morgan fingerprint density at radius 1 is 1.04 bits per heavy atom. The van der Waals surface area contributed by atoms with Crippen LogP contribution in [0.3, 0.4) is 0 Å². The average molecular weight is 443 g/mol. The van der Waals surface area contributed by atoms with Gasteiger partial charge in [0.2, 0.25) is 10.0 Å². The summed E-state index contributed by atoms with van der Waals surface area (Å²) in [4.78, 5) is 15.6. The van der Waals surface area contributed by atoms with Gasteiger partial charge in [-0.2, -0.15) is 4.31 Å². The summed E-state index contributed by atoms with van der Waals surface area (Å²) < 4.78 is 27.7. The molecule has 0 saturated carbocycles. The highest BCUT2D eigenvalue weighted by Gasteiger charge is 2.28. The van der Waals surface area contributed by atoms with E-state index in [1.165, 1.54) is 4.31 Å². The highest BCUT2D eigenvalue weighted by molar-refractivity contribution is 9.11. The maximum absolute atomic E-state index is 12.6. The number of carbonyl (C=O) groups is 1. The first-order valence-corrected chi connectivity index (χ1v) is 11.0. The number of thiophene rings is 1. The third kappa shape index (κ3) is 4.77. The van der Waals surface area contributed by atoms with Gasteiger partial charge in [-0.1, -0.05) is 18.2 Å². The van der Waals surface area contributed by atoms with Crippen molar-refractivity contribution < 1.29 is 13.2 Å². The fourth-order valence-corrected chi connectivity index (χ4v) is 5.77. The largest absolute Gasteiger partial charge is 0.298 e. The van der Waals surface area contributed by atoms with Crippen molar-refractivity contribution in [3.05, 3.63) is 51.1 Å². The highest BCUT2D eigenvalue weighted by atomic mass is 79.9. The Balaban J connectivity index is 1.52. The van der Waals surface area contributed by atoms with Gasteiger partial charge < -0.3 is 0 Å². The monoisotopic (exact) mass is 442 g/mol. The van der Waals surface area contributed by atoms with Crippen molar-refractivity contribution in [1.29, 1.82) is 0 Å². The lowest BCUT2D eigenvalue weighted by Gasteiger charge is -2.33. The topological polar surface area (TPSA) is 57.7 Å². The van der Waals surface area contributed by atoms with E-state index in [2.05, 4.69) is 15.9 Å². The number of hydrogen-bond acceptors (Lipinski definition) is 5. The lowest BCUT2D eigenvalue weighted by atomic mass is 10.2. The third-order valence-corrected chi connectivity index (χ3v) is 7.65. The van der Waals surface area contributed by atoms with Crippen LogP contribution in [-0.2, 0) is 21.2 Å². The van der Waals surface area contributed by atoms with Gasteiger partial charge in [-0.25, -0.2) is 8.42 Å². The zero-order valence-electron chi connectivity index (χ0n) is 13.6. The van der Waals surface area contributed by atoms with E-state index < -0.39 is 10.0 Å². The van der Waals surface area contributed by atoms with Crippen molar-refractivity contribution in [3.63, 3.8) is 0 Å². The summed E-state index contributed by atoms with van der Waals surface area (Å²) in [5.41, 5.74) is 0. The number of sulfonamides is 1. The van der Waals surface area contributed by atoms with Crippen LogP contribution < -0.4 is 0 Å². The molecule has 0 radical (unpaired) electrons. The molecule has 1 aromatic carbocycles. The van der Waals surface area contributed by atoms with Crippen molar-refractivity contribution in [2.24, 2.45) is 0 Å². The van der Waals surface area contributed by atoms with Crippen molar-refractivity contribution in [2.75, 3.05) is 32.7 Å². The van der Waals surface area contributed by atoms with Crippen LogP contribution in [0.25, 0.3) is 0 Å². The first kappa shape index (κ1) is 18.7. The molecule has 0 atom stereocenters. The van der Waals surface area contributed by atoms with Crippen LogP contribution in [0, 0.1) is 0 Å². The van der Waals surface area contributed by atoms with Crippen molar-refractivity contribution in [2.45, 2.75) is 11.3 Å². The van der Waals surface area contributed by atoms with Crippen molar-refractivity contribution in [3.8, 4) is 0 Å². The fourth-order valence-electron chi connectivity index (χ4n) is 2.82. The molecule has 0 spiro atoms. The van der Waals surface area contributed by atoms with Crippen LogP contribution in [0.5, 0.6) is 0 Å². The summed E-state index contributed by atoms with van der Waals surface area (Å²) in [6.07, 6.45) is 0.429. The zero-order valence-corrected chi connectivity index (χ0v) is 16.8. The van der Waals surface area contributed by atoms with Crippen molar-refractivity contribution >= 4 is 43.1 Å². The van der Waals surface area contributed by atoms with E-state index in [1.807, 2.05) is 17.0 Å². The molecular formula is C17H19BrN2O3S2. The average Bonchev–Trinajstić information content (AvgIpc) is 3.01. The number of hydrogen-bond donors (Lipinski definition) is 0. The maximum atomic E-state index is 12.6. The van der Waals surface area contributed by atoms with Gasteiger partial charge in [0.15, 0.2) is 5.78 Å². The molecule has 5 nitrogen and oxygen atoms in total. The molecule has 1 aromatic heterocycles. The molecule has 8 heteroatoms. The molecule has 25 heavy (non-hydrogen) atoms. The summed E-state index contributed by atoms with van der Waals surface area (Å²) >= 11 is 4.97. The van der Waals surface area contributed by atoms with Gasteiger partial charge in [0.25, 0.3) is 0 Å². The molecule has 1 aliphatic heterocycles. The predicted molar refractivity (Wildman–Crippen MR) is 102 cm³/mol. The normalized spacial score (nSPS) is 16.8. The Labute approximate surface area is 160 Å². The minimum atomic E-state index is -3.44. The van der Waals surface area contributed by atoms with Crippen molar-refractivity contribution in [1.82, 2.24) is 9.21 Å². The van der Waals surface area contributed by atoms with Crippen LogP contribution in [0.1, 0.15) is 4.88 Å². The SMILES string of the molecule is O=C(Cc1ccc(Br)s1)CN1CCN(S(=O)(=O)c2ccccc2)CC1. The summed E-state index contributed by atoms with van der Waals surface area (Å²) in [7, 11) is -3.44. The fraction of sp³-hybridized carbons (Fsp3) is 0.353. The Morgan fingerprint density at radius 3 is 2.32 bits per heavy atom. The molecule has 0 N–H and O–H groups in total. The van der Waals surface area contributed by atoms with E-state index in [0.29, 0.717) is 44.0 Å². The Morgan fingerprint density at radius 2 is 1.72 bits per heavy atom. The minimum Gasteiger partial charge on any atom is -0.298 e. The van der Waals surface area contributed by atoms with Gasteiger partial charge in [0.05, 0.1) is 15.2 Å². The van der Waals surface area contributed by atoms with E-state index >= 15 is 0 Å². The molecule has 1 fully saturated rings. The molecule has 1 aliphatic rings. The number of ketones is 1. The third-order valence-electron chi connectivity index (χ3n) is 4.11. The van der Waals surface area contributed by atoms with Crippen LogP contribution in [0.2, 0.25) is 0 Å². The molecular weight excluding hydrogens is 424 g/mol. The summed E-state index contributed by atoms with van der Waals surface area (Å²) in [5, 5.41) is 0. The van der Waals surface area contributed by atoms with Crippen LogP contribution >= 0.6 is 27.3 Å². The smallest absolute Gasteiger partial charge is 0.243 e. The Kier molecular flexibility index (Phi) is 6.06. The second-order valence-corrected chi connectivity index (χ2v) is 10.4. The van der Waals surface area contributed by atoms with Crippen LogP contribution in [0.15, 0.2) is 51.1 Å². The number of piperazine rings is 1. The maximum Gasteiger partial charge on any atom is 0.243 e. The molecule has 2 aromatic rings.